The molecule has 0 heterocycles. The van der Waals surface area contributed by atoms with Crippen LogP contribution in [0.4, 0.5) is 0 Å². The molecule has 1 atom stereocenters. The molecule has 0 aliphatic rings. The van der Waals surface area contributed by atoms with Gasteiger partial charge in [-0.25, -0.2) is 0 Å². The molecule has 20 heavy (non-hydrogen) atoms. The van der Waals surface area contributed by atoms with E-state index in [0.29, 0.717) is 6.54 Å². The van der Waals surface area contributed by atoms with Crippen molar-refractivity contribution in [1.29, 1.82) is 0 Å². The first-order valence-electron chi connectivity index (χ1n) is 6.82. The van der Waals surface area contributed by atoms with Crippen molar-refractivity contribution in [3.63, 3.8) is 0 Å². The molecule has 0 saturated carbocycles. The van der Waals surface area contributed by atoms with Gasteiger partial charge in [0.2, 0.25) is 0 Å². The highest BCUT2D eigenvalue weighted by molar-refractivity contribution is 6.30. The molecule has 2 rings (SSSR count). The van der Waals surface area contributed by atoms with Crippen LogP contribution in [0.3, 0.4) is 0 Å². The standard InChI is InChI=1S/C17H21ClN2/c1-13-5-3-4-6-16(13)17(11-19)20(2)12-14-7-9-15(18)10-8-14/h3-10,17H,11-12,19H2,1-2H3. The van der Waals surface area contributed by atoms with Gasteiger partial charge < -0.3 is 5.73 Å². The Morgan fingerprint density at radius 3 is 2.35 bits per heavy atom. The first-order chi connectivity index (χ1) is 9.61. The zero-order valence-electron chi connectivity index (χ0n) is 12.0. The van der Waals surface area contributed by atoms with Gasteiger partial charge in [0.1, 0.15) is 0 Å². The first-order valence-corrected chi connectivity index (χ1v) is 7.20. The lowest BCUT2D eigenvalue weighted by Crippen LogP contribution is -2.30. The molecule has 2 N–H and O–H groups in total. The Morgan fingerprint density at radius 2 is 1.75 bits per heavy atom. The minimum Gasteiger partial charge on any atom is -0.329 e. The summed E-state index contributed by atoms with van der Waals surface area (Å²) in [4.78, 5) is 2.28. The number of rotatable bonds is 5. The molecule has 0 radical (unpaired) electrons. The molecule has 3 heteroatoms. The third-order valence-electron chi connectivity index (χ3n) is 3.65. The summed E-state index contributed by atoms with van der Waals surface area (Å²) < 4.78 is 0. The predicted octanol–water partition coefficient (Wildman–Crippen LogP) is 3.78. The van der Waals surface area contributed by atoms with Crippen molar-refractivity contribution < 1.29 is 0 Å². The Kier molecular flexibility index (Phi) is 5.18. The second-order valence-electron chi connectivity index (χ2n) is 5.15. The lowest BCUT2D eigenvalue weighted by Gasteiger charge is -2.28. The fourth-order valence-corrected chi connectivity index (χ4v) is 2.62. The van der Waals surface area contributed by atoms with Crippen LogP contribution in [0.2, 0.25) is 5.02 Å². The van der Waals surface area contributed by atoms with Crippen molar-refractivity contribution in [2.24, 2.45) is 5.73 Å². The van der Waals surface area contributed by atoms with E-state index in [2.05, 4.69) is 55.3 Å². The van der Waals surface area contributed by atoms with E-state index in [1.165, 1.54) is 16.7 Å². The summed E-state index contributed by atoms with van der Waals surface area (Å²) in [5, 5.41) is 0.769. The summed E-state index contributed by atoms with van der Waals surface area (Å²) in [7, 11) is 2.11. The normalized spacial score (nSPS) is 12.7. The van der Waals surface area contributed by atoms with Gasteiger partial charge in [0, 0.05) is 24.2 Å². The molecule has 0 aliphatic heterocycles. The van der Waals surface area contributed by atoms with E-state index in [4.69, 9.17) is 17.3 Å². The van der Waals surface area contributed by atoms with E-state index in [1.807, 2.05) is 12.1 Å². The number of aryl methyl sites for hydroxylation is 1. The van der Waals surface area contributed by atoms with Crippen molar-refractivity contribution in [3.8, 4) is 0 Å². The zero-order chi connectivity index (χ0) is 14.5. The Bertz CT molecular complexity index is 551. The molecule has 0 fully saturated rings. The molecule has 0 amide bonds. The minimum atomic E-state index is 0.229. The van der Waals surface area contributed by atoms with Gasteiger partial charge in [0.05, 0.1) is 0 Å². The molecule has 0 aromatic heterocycles. The molecule has 0 saturated heterocycles. The van der Waals surface area contributed by atoms with E-state index in [-0.39, 0.29) is 6.04 Å². The summed E-state index contributed by atoms with van der Waals surface area (Å²) >= 11 is 5.92. The molecule has 1 unspecified atom stereocenters. The van der Waals surface area contributed by atoms with Crippen LogP contribution in [-0.4, -0.2) is 18.5 Å². The quantitative estimate of drug-likeness (QED) is 0.907. The maximum atomic E-state index is 5.99. The Hall–Kier alpha value is -1.35. The summed E-state index contributed by atoms with van der Waals surface area (Å²) in [6, 6.07) is 16.6. The highest BCUT2D eigenvalue weighted by Gasteiger charge is 2.17. The number of hydrogen-bond donors (Lipinski definition) is 1. The molecule has 0 spiro atoms. The van der Waals surface area contributed by atoms with Crippen LogP contribution in [0.5, 0.6) is 0 Å². The molecule has 0 bridgehead atoms. The van der Waals surface area contributed by atoms with Crippen LogP contribution in [0.25, 0.3) is 0 Å². The van der Waals surface area contributed by atoms with Gasteiger partial charge in [-0.15, -0.1) is 0 Å². The lowest BCUT2D eigenvalue weighted by molar-refractivity contribution is 0.241. The number of hydrogen-bond acceptors (Lipinski definition) is 2. The number of nitrogens with two attached hydrogens (primary N) is 1. The minimum absolute atomic E-state index is 0.229. The monoisotopic (exact) mass is 288 g/mol. The predicted molar refractivity (Wildman–Crippen MR) is 85.9 cm³/mol. The van der Waals surface area contributed by atoms with Crippen molar-refractivity contribution in [1.82, 2.24) is 4.90 Å². The van der Waals surface area contributed by atoms with Gasteiger partial charge in [0.15, 0.2) is 0 Å². The Balaban J connectivity index is 2.15. The van der Waals surface area contributed by atoms with Gasteiger partial charge in [-0.3, -0.25) is 4.90 Å². The van der Waals surface area contributed by atoms with Crippen LogP contribution in [0, 0.1) is 6.92 Å². The Labute approximate surface area is 126 Å². The fourth-order valence-electron chi connectivity index (χ4n) is 2.49. The van der Waals surface area contributed by atoms with E-state index in [1.54, 1.807) is 0 Å². The zero-order valence-corrected chi connectivity index (χ0v) is 12.8. The van der Waals surface area contributed by atoms with E-state index >= 15 is 0 Å². The molecule has 0 aliphatic carbocycles. The van der Waals surface area contributed by atoms with Crippen molar-refractivity contribution in [2.75, 3.05) is 13.6 Å². The van der Waals surface area contributed by atoms with Crippen molar-refractivity contribution in [3.05, 3.63) is 70.2 Å². The van der Waals surface area contributed by atoms with Crippen LogP contribution in [-0.2, 0) is 6.54 Å². The SMILES string of the molecule is Cc1ccccc1C(CN)N(C)Cc1ccc(Cl)cc1. The maximum Gasteiger partial charge on any atom is 0.0473 e. The largest absolute Gasteiger partial charge is 0.329 e. The number of nitrogens with zero attached hydrogens (tertiary/aromatic N) is 1. The van der Waals surface area contributed by atoms with E-state index in [9.17, 15) is 0 Å². The fraction of sp³-hybridized carbons (Fsp3) is 0.294. The molecule has 2 nitrogen and oxygen atoms in total. The summed E-state index contributed by atoms with van der Waals surface area (Å²) in [5.41, 5.74) is 9.81. The summed E-state index contributed by atoms with van der Waals surface area (Å²) in [5.74, 6) is 0. The van der Waals surface area contributed by atoms with E-state index < -0.39 is 0 Å². The van der Waals surface area contributed by atoms with E-state index in [0.717, 1.165) is 11.6 Å². The highest BCUT2D eigenvalue weighted by Crippen LogP contribution is 2.23. The van der Waals surface area contributed by atoms with Crippen molar-refractivity contribution >= 4 is 11.6 Å². The molecule has 106 valence electrons. The molecular formula is C17H21ClN2. The van der Waals surface area contributed by atoms with Crippen LogP contribution in [0.1, 0.15) is 22.7 Å². The maximum absolute atomic E-state index is 5.99. The van der Waals surface area contributed by atoms with Gasteiger partial charge in [0.25, 0.3) is 0 Å². The van der Waals surface area contributed by atoms with Gasteiger partial charge in [-0.1, -0.05) is 48.0 Å². The second-order valence-corrected chi connectivity index (χ2v) is 5.59. The van der Waals surface area contributed by atoms with Crippen LogP contribution in [0.15, 0.2) is 48.5 Å². The molecular weight excluding hydrogens is 268 g/mol. The Morgan fingerprint density at radius 1 is 1.10 bits per heavy atom. The average Bonchev–Trinajstić information content (AvgIpc) is 2.44. The van der Waals surface area contributed by atoms with Gasteiger partial charge >= 0.3 is 0 Å². The number of likely N-dealkylation sites (N-methyl/N-ethyl adjacent to an activating group) is 1. The lowest BCUT2D eigenvalue weighted by atomic mass is 10.00. The van der Waals surface area contributed by atoms with Gasteiger partial charge in [-0.05, 0) is 42.8 Å². The second kappa shape index (κ2) is 6.89. The first kappa shape index (κ1) is 15.0. The smallest absolute Gasteiger partial charge is 0.0473 e. The number of halogens is 1. The highest BCUT2D eigenvalue weighted by atomic mass is 35.5. The molecule has 2 aromatic rings. The average molecular weight is 289 g/mol. The third kappa shape index (κ3) is 3.60. The van der Waals surface area contributed by atoms with Crippen LogP contribution < -0.4 is 5.73 Å². The number of benzene rings is 2. The summed E-state index contributed by atoms with van der Waals surface area (Å²) in [6.45, 7) is 3.59. The van der Waals surface area contributed by atoms with Crippen LogP contribution >= 0.6 is 11.6 Å². The topological polar surface area (TPSA) is 29.3 Å². The molecule has 2 aromatic carbocycles. The summed E-state index contributed by atoms with van der Waals surface area (Å²) in [6.07, 6.45) is 0. The van der Waals surface area contributed by atoms with Crippen molar-refractivity contribution in [2.45, 2.75) is 19.5 Å². The van der Waals surface area contributed by atoms with Gasteiger partial charge in [-0.2, -0.15) is 0 Å². The third-order valence-corrected chi connectivity index (χ3v) is 3.90.